The molecule has 0 spiro atoms. The first kappa shape index (κ1) is 14.3. The molecule has 1 N–H and O–H groups in total. The first-order chi connectivity index (χ1) is 9.43. The van der Waals surface area contributed by atoms with Gasteiger partial charge >= 0.3 is 5.97 Å². The summed E-state index contributed by atoms with van der Waals surface area (Å²) in [5.41, 5.74) is -0.595. The largest absolute Gasteiger partial charge is 0.477 e. The molecule has 1 aliphatic heterocycles. The van der Waals surface area contributed by atoms with E-state index in [1.807, 2.05) is 0 Å². The number of nitrogens with zero attached hydrogens (tertiary/aromatic N) is 2. The topological polar surface area (TPSA) is 101 Å². The molecule has 8 heteroatoms. The predicted molar refractivity (Wildman–Crippen MR) is 71.2 cm³/mol. The third-order valence-electron chi connectivity index (χ3n) is 3.14. The fourth-order valence-corrected chi connectivity index (χ4v) is 2.36. The highest BCUT2D eigenvalue weighted by Crippen LogP contribution is 2.30. The Hall–Kier alpha value is -2.15. The third kappa shape index (κ3) is 2.57. The van der Waals surface area contributed by atoms with Crippen molar-refractivity contribution in [1.82, 2.24) is 0 Å². The van der Waals surface area contributed by atoms with Gasteiger partial charge in [-0.2, -0.15) is 0 Å². The number of hydrogen-bond donors (Lipinski definition) is 1. The van der Waals surface area contributed by atoms with Crippen LogP contribution in [-0.4, -0.2) is 34.3 Å². The van der Waals surface area contributed by atoms with E-state index in [0.717, 1.165) is 12.1 Å². The standard InChI is InChI=1S/C12H11ClN2O5/c13-5-7-3-11(16)14(6-7)8-1-2-10(15(19)20)9(4-8)12(17)18/h1-2,4,7H,3,5-6H2,(H,17,18). The fourth-order valence-electron chi connectivity index (χ4n) is 2.16. The lowest BCUT2D eigenvalue weighted by atomic mass is 10.1. The van der Waals surface area contributed by atoms with Gasteiger partial charge in [0.25, 0.3) is 5.69 Å². The quantitative estimate of drug-likeness (QED) is 0.519. The summed E-state index contributed by atoms with van der Waals surface area (Å²) in [5.74, 6) is -1.23. The van der Waals surface area contributed by atoms with Crippen LogP contribution in [0.2, 0.25) is 0 Å². The highest BCUT2D eigenvalue weighted by atomic mass is 35.5. The SMILES string of the molecule is O=C(O)c1cc(N2CC(CCl)CC2=O)ccc1[N+](=O)[O-]. The maximum atomic E-state index is 11.8. The number of carboxylic acids is 1. The van der Waals surface area contributed by atoms with Gasteiger partial charge in [-0.1, -0.05) is 0 Å². The number of amides is 1. The highest BCUT2D eigenvalue weighted by Gasteiger charge is 2.31. The molecular formula is C12H11ClN2O5. The third-order valence-corrected chi connectivity index (χ3v) is 3.58. The van der Waals surface area contributed by atoms with Crippen molar-refractivity contribution in [2.24, 2.45) is 5.92 Å². The van der Waals surface area contributed by atoms with Gasteiger partial charge in [0.05, 0.1) is 4.92 Å². The normalized spacial score (nSPS) is 18.4. The van der Waals surface area contributed by atoms with E-state index in [-0.39, 0.29) is 11.8 Å². The van der Waals surface area contributed by atoms with Crippen molar-refractivity contribution < 1.29 is 19.6 Å². The van der Waals surface area contributed by atoms with Crippen molar-refractivity contribution in [2.45, 2.75) is 6.42 Å². The fraction of sp³-hybridized carbons (Fsp3) is 0.333. The molecule has 7 nitrogen and oxygen atoms in total. The Kier molecular flexibility index (Phi) is 3.89. The number of rotatable bonds is 4. The van der Waals surface area contributed by atoms with E-state index in [4.69, 9.17) is 16.7 Å². The monoisotopic (exact) mass is 298 g/mol. The highest BCUT2D eigenvalue weighted by molar-refractivity contribution is 6.18. The lowest BCUT2D eigenvalue weighted by Gasteiger charge is -2.16. The van der Waals surface area contributed by atoms with Crippen LogP contribution in [0.1, 0.15) is 16.8 Å². The number of nitro benzene ring substituents is 1. The van der Waals surface area contributed by atoms with Gasteiger partial charge in [-0.25, -0.2) is 4.79 Å². The van der Waals surface area contributed by atoms with Crippen molar-refractivity contribution in [3.05, 3.63) is 33.9 Å². The molecular weight excluding hydrogens is 288 g/mol. The van der Waals surface area contributed by atoms with Gasteiger partial charge in [-0.05, 0) is 18.1 Å². The molecule has 1 aromatic rings. The second kappa shape index (κ2) is 5.46. The molecule has 0 aromatic heterocycles. The van der Waals surface area contributed by atoms with Gasteiger partial charge in [0.2, 0.25) is 5.91 Å². The number of nitro groups is 1. The molecule has 1 amide bonds. The number of aromatic carboxylic acids is 1. The summed E-state index contributed by atoms with van der Waals surface area (Å²) >= 11 is 5.71. The molecule has 106 valence electrons. The molecule has 20 heavy (non-hydrogen) atoms. The summed E-state index contributed by atoms with van der Waals surface area (Å²) in [7, 11) is 0. The second-order valence-corrected chi connectivity index (χ2v) is 4.80. The maximum Gasteiger partial charge on any atom is 0.342 e. The van der Waals surface area contributed by atoms with Gasteiger partial charge in [-0.15, -0.1) is 11.6 Å². The first-order valence-corrected chi connectivity index (χ1v) is 6.35. The van der Waals surface area contributed by atoms with Crippen molar-refractivity contribution in [2.75, 3.05) is 17.3 Å². The zero-order valence-corrected chi connectivity index (χ0v) is 11.0. The van der Waals surface area contributed by atoms with Crippen molar-refractivity contribution in [1.29, 1.82) is 0 Å². The van der Waals surface area contributed by atoms with E-state index in [1.165, 1.54) is 11.0 Å². The lowest BCUT2D eigenvalue weighted by Crippen LogP contribution is -2.25. The van der Waals surface area contributed by atoms with Crippen molar-refractivity contribution in [3.8, 4) is 0 Å². The zero-order valence-electron chi connectivity index (χ0n) is 10.3. The Morgan fingerprint density at radius 1 is 1.55 bits per heavy atom. The van der Waals surface area contributed by atoms with E-state index in [1.54, 1.807) is 0 Å². The number of hydrogen-bond acceptors (Lipinski definition) is 4. The Bertz CT molecular complexity index is 589. The number of carbonyl (C=O) groups is 2. The second-order valence-electron chi connectivity index (χ2n) is 4.49. The van der Waals surface area contributed by atoms with Crippen LogP contribution in [0.4, 0.5) is 11.4 Å². The summed E-state index contributed by atoms with van der Waals surface area (Å²) in [6.45, 7) is 0.388. The smallest absolute Gasteiger partial charge is 0.342 e. The Balaban J connectivity index is 2.39. The van der Waals surface area contributed by atoms with Crippen LogP contribution in [0.3, 0.4) is 0 Å². The van der Waals surface area contributed by atoms with Gasteiger partial charge < -0.3 is 10.0 Å². The zero-order chi connectivity index (χ0) is 14.9. The Morgan fingerprint density at radius 2 is 2.25 bits per heavy atom. The van der Waals surface area contributed by atoms with Crippen LogP contribution in [0, 0.1) is 16.0 Å². The van der Waals surface area contributed by atoms with E-state index in [9.17, 15) is 19.7 Å². The summed E-state index contributed by atoms with van der Waals surface area (Å²) in [6.07, 6.45) is 0.295. The van der Waals surface area contributed by atoms with Crippen LogP contribution in [0.25, 0.3) is 0 Å². The lowest BCUT2D eigenvalue weighted by molar-refractivity contribution is -0.385. The summed E-state index contributed by atoms with van der Waals surface area (Å²) < 4.78 is 0. The minimum Gasteiger partial charge on any atom is -0.477 e. The van der Waals surface area contributed by atoms with Gasteiger partial charge in [0.15, 0.2) is 0 Å². The number of carbonyl (C=O) groups excluding carboxylic acids is 1. The number of carboxylic acid groups (broad SMARTS) is 1. The molecule has 1 aliphatic rings. The van der Waals surface area contributed by atoms with Crippen LogP contribution in [0.15, 0.2) is 18.2 Å². The van der Waals surface area contributed by atoms with Crippen molar-refractivity contribution in [3.63, 3.8) is 0 Å². The van der Waals surface area contributed by atoms with E-state index >= 15 is 0 Å². The number of halogens is 1. The van der Waals surface area contributed by atoms with Crippen LogP contribution in [-0.2, 0) is 4.79 Å². The van der Waals surface area contributed by atoms with E-state index < -0.39 is 22.1 Å². The first-order valence-electron chi connectivity index (χ1n) is 5.82. The predicted octanol–water partition coefficient (Wildman–Crippen LogP) is 1.88. The van der Waals surface area contributed by atoms with Gasteiger partial charge in [0, 0.05) is 30.6 Å². The summed E-state index contributed by atoms with van der Waals surface area (Å²) in [5, 5.41) is 19.8. The summed E-state index contributed by atoms with van der Waals surface area (Å²) in [6, 6.07) is 3.62. The molecule has 1 fully saturated rings. The van der Waals surface area contributed by atoms with Crippen molar-refractivity contribution >= 4 is 34.9 Å². The molecule has 0 saturated carbocycles. The van der Waals surface area contributed by atoms with Crippen LogP contribution >= 0.6 is 11.6 Å². The molecule has 0 radical (unpaired) electrons. The van der Waals surface area contributed by atoms with E-state index in [2.05, 4.69) is 0 Å². The number of anilines is 1. The number of benzene rings is 1. The minimum atomic E-state index is -1.40. The molecule has 0 bridgehead atoms. The molecule has 2 rings (SSSR count). The number of alkyl halides is 1. The Morgan fingerprint density at radius 3 is 2.75 bits per heavy atom. The maximum absolute atomic E-state index is 11.8. The van der Waals surface area contributed by atoms with Gasteiger partial charge in [-0.3, -0.25) is 14.9 Å². The Labute approximate surface area is 118 Å². The molecule has 1 unspecified atom stereocenters. The molecule has 1 aromatic carbocycles. The molecule has 1 atom stereocenters. The molecule has 1 saturated heterocycles. The molecule has 1 heterocycles. The average molecular weight is 299 g/mol. The summed E-state index contributed by atoms with van der Waals surface area (Å²) in [4.78, 5) is 34.3. The average Bonchev–Trinajstić information content (AvgIpc) is 2.79. The van der Waals surface area contributed by atoms with Crippen LogP contribution < -0.4 is 4.90 Å². The van der Waals surface area contributed by atoms with Gasteiger partial charge in [0.1, 0.15) is 5.56 Å². The van der Waals surface area contributed by atoms with Crippen LogP contribution in [0.5, 0.6) is 0 Å². The van der Waals surface area contributed by atoms with E-state index in [0.29, 0.717) is 24.5 Å². The minimum absolute atomic E-state index is 0.00707. The molecule has 0 aliphatic carbocycles.